The Morgan fingerprint density at radius 1 is 1.64 bits per heavy atom. The molecule has 0 aliphatic heterocycles. The number of hydrogen-bond donors (Lipinski definition) is 1. The van der Waals surface area contributed by atoms with E-state index in [0.717, 1.165) is 0 Å². The minimum absolute atomic E-state index is 0.00519. The van der Waals surface area contributed by atoms with Gasteiger partial charge >= 0.3 is 5.97 Å². The predicted octanol–water partition coefficient (Wildman–Crippen LogP) is 1.39. The summed E-state index contributed by atoms with van der Waals surface area (Å²) in [6.07, 6.45) is 1.23. The van der Waals surface area contributed by atoms with Gasteiger partial charge in [-0.05, 0) is 13.0 Å². The fraction of sp³-hybridized carbons (Fsp3) is 0.125. The summed E-state index contributed by atoms with van der Waals surface area (Å²) in [7, 11) is 0. The topological polar surface area (TPSA) is 67.5 Å². The summed E-state index contributed by atoms with van der Waals surface area (Å²) in [6, 6.07) is 1.63. The molecule has 0 saturated heterocycles. The molecule has 0 amide bonds. The highest BCUT2D eigenvalue weighted by atomic mass is 35.5. The van der Waals surface area contributed by atoms with Crippen molar-refractivity contribution >= 4 is 23.2 Å². The van der Waals surface area contributed by atoms with Crippen molar-refractivity contribution < 1.29 is 9.90 Å². The summed E-state index contributed by atoms with van der Waals surface area (Å²) in [6.45, 7) is 1.73. The Balaban J connectivity index is 2.85. The van der Waals surface area contributed by atoms with Crippen molar-refractivity contribution in [1.29, 1.82) is 0 Å². The molecule has 1 N–H and O–H groups in total. The van der Waals surface area contributed by atoms with Gasteiger partial charge in [-0.15, -0.1) is 0 Å². The van der Waals surface area contributed by atoms with Gasteiger partial charge in [0.1, 0.15) is 0 Å². The molecule has 14 heavy (non-hydrogen) atoms. The Bertz CT molecular complexity index is 521. The molecule has 6 heteroatoms. The van der Waals surface area contributed by atoms with Gasteiger partial charge in [-0.25, -0.2) is 14.3 Å². The van der Waals surface area contributed by atoms with Gasteiger partial charge in [0.25, 0.3) is 0 Å². The fourth-order valence-corrected chi connectivity index (χ4v) is 1.48. The first-order chi connectivity index (χ1) is 6.59. The third-order valence-corrected chi connectivity index (χ3v) is 2.04. The molecule has 0 aromatic carbocycles. The van der Waals surface area contributed by atoms with Crippen LogP contribution in [0.1, 0.15) is 16.2 Å². The first-order valence-electron chi connectivity index (χ1n) is 3.84. The monoisotopic (exact) mass is 211 g/mol. The lowest BCUT2D eigenvalue weighted by Crippen LogP contribution is -2.05. The number of carboxylic acids is 1. The summed E-state index contributed by atoms with van der Waals surface area (Å²) in [5, 5.41) is 13.2. The number of rotatable bonds is 1. The Labute approximate surface area is 83.9 Å². The molecule has 0 aliphatic rings. The molecule has 0 saturated carbocycles. The third-order valence-electron chi connectivity index (χ3n) is 1.76. The standard InChI is InChI=1S/C8H6ClN3O2/c1-4-2-5(9)7-10-3-6(8(13)14)12(7)11-4/h2-3H,1H3,(H,13,14). The highest BCUT2D eigenvalue weighted by Crippen LogP contribution is 2.17. The van der Waals surface area contributed by atoms with Crippen molar-refractivity contribution in [3.63, 3.8) is 0 Å². The lowest BCUT2D eigenvalue weighted by molar-refractivity contribution is 0.0688. The Morgan fingerprint density at radius 3 is 3.00 bits per heavy atom. The lowest BCUT2D eigenvalue weighted by atomic mass is 10.4. The van der Waals surface area contributed by atoms with Gasteiger partial charge in [-0.2, -0.15) is 5.10 Å². The zero-order valence-electron chi connectivity index (χ0n) is 7.23. The molecule has 5 nitrogen and oxygen atoms in total. The number of aryl methyl sites for hydroxylation is 1. The van der Waals surface area contributed by atoms with Gasteiger partial charge in [-0.3, -0.25) is 0 Å². The number of nitrogens with zero attached hydrogens (tertiary/aromatic N) is 3. The second-order valence-electron chi connectivity index (χ2n) is 2.82. The van der Waals surface area contributed by atoms with Crippen molar-refractivity contribution in [2.24, 2.45) is 0 Å². The van der Waals surface area contributed by atoms with E-state index in [9.17, 15) is 4.79 Å². The zero-order valence-corrected chi connectivity index (χ0v) is 7.99. The number of carbonyl (C=O) groups is 1. The average Bonchev–Trinajstić information content (AvgIpc) is 2.47. The van der Waals surface area contributed by atoms with Crippen molar-refractivity contribution in [2.45, 2.75) is 6.92 Å². The van der Waals surface area contributed by atoms with Crippen LogP contribution < -0.4 is 0 Å². The molecule has 0 spiro atoms. The molecule has 0 aliphatic carbocycles. The molecule has 0 atom stereocenters. The summed E-state index contributed by atoms with van der Waals surface area (Å²) < 4.78 is 1.22. The number of fused-ring (bicyclic) bond motifs is 1. The van der Waals surface area contributed by atoms with Crippen LogP contribution in [0.2, 0.25) is 5.02 Å². The Morgan fingerprint density at radius 2 is 2.36 bits per heavy atom. The fourth-order valence-electron chi connectivity index (χ4n) is 1.19. The maximum Gasteiger partial charge on any atom is 0.356 e. The Hall–Kier alpha value is -1.62. The van der Waals surface area contributed by atoms with Crippen LogP contribution in [0.25, 0.3) is 5.65 Å². The molecule has 2 aromatic rings. The number of carboxylic acid groups (broad SMARTS) is 1. The highest BCUT2D eigenvalue weighted by Gasteiger charge is 2.13. The van der Waals surface area contributed by atoms with Gasteiger partial charge < -0.3 is 5.11 Å². The zero-order chi connectivity index (χ0) is 10.3. The molecular formula is C8H6ClN3O2. The van der Waals surface area contributed by atoms with E-state index in [0.29, 0.717) is 16.4 Å². The third kappa shape index (κ3) is 1.22. The number of hydrogen-bond acceptors (Lipinski definition) is 3. The largest absolute Gasteiger partial charge is 0.476 e. The molecule has 72 valence electrons. The van der Waals surface area contributed by atoms with Crippen LogP contribution in [0.4, 0.5) is 0 Å². The Kier molecular flexibility index (Phi) is 1.89. The lowest BCUT2D eigenvalue weighted by Gasteiger charge is -1.99. The van der Waals surface area contributed by atoms with Crippen molar-refractivity contribution in [3.8, 4) is 0 Å². The van der Waals surface area contributed by atoms with Crippen LogP contribution in [0, 0.1) is 6.92 Å². The van der Waals surface area contributed by atoms with Gasteiger partial charge in [0.15, 0.2) is 11.3 Å². The second kappa shape index (κ2) is 2.95. The van der Waals surface area contributed by atoms with Gasteiger partial charge in [0, 0.05) is 0 Å². The van der Waals surface area contributed by atoms with Crippen molar-refractivity contribution in [2.75, 3.05) is 0 Å². The average molecular weight is 212 g/mol. The van der Waals surface area contributed by atoms with Crippen LogP contribution in [0.15, 0.2) is 12.3 Å². The quantitative estimate of drug-likeness (QED) is 0.774. The van der Waals surface area contributed by atoms with E-state index in [1.54, 1.807) is 13.0 Å². The van der Waals surface area contributed by atoms with E-state index in [1.807, 2.05) is 0 Å². The normalized spacial score (nSPS) is 10.7. The molecular weight excluding hydrogens is 206 g/mol. The molecule has 2 heterocycles. The van der Waals surface area contributed by atoms with Crippen molar-refractivity contribution in [1.82, 2.24) is 14.6 Å². The maximum atomic E-state index is 10.8. The molecule has 0 fully saturated rings. The first kappa shape index (κ1) is 8.96. The van der Waals surface area contributed by atoms with Crippen LogP contribution in [-0.4, -0.2) is 25.7 Å². The minimum Gasteiger partial charge on any atom is -0.476 e. The smallest absolute Gasteiger partial charge is 0.356 e. The van der Waals surface area contributed by atoms with Crippen LogP contribution >= 0.6 is 11.6 Å². The SMILES string of the molecule is Cc1cc(Cl)c2ncc(C(=O)O)n2n1. The summed E-state index contributed by atoms with van der Waals surface area (Å²) in [4.78, 5) is 14.6. The maximum absolute atomic E-state index is 10.8. The van der Waals surface area contributed by atoms with E-state index < -0.39 is 5.97 Å². The number of imidazole rings is 1. The predicted molar refractivity (Wildman–Crippen MR) is 49.7 cm³/mol. The minimum atomic E-state index is -1.08. The number of halogens is 1. The highest BCUT2D eigenvalue weighted by molar-refractivity contribution is 6.33. The van der Waals surface area contributed by atoms with Gasteiger partial charge in [0.2, 0.25) is 0 Å². The number of aromatic nitrogens is 3. The molecule has 0 radical (unpaired) electrons. The molecule has 0 bridgehead atoms. The summed E-state index contributed by atoms with van der Waals surface area (Å²) in [5.74, 6) is -1.08. The first-order valence-corrected chi connectivity index (χ1v) is 4.21. The molecule has 2 rings (SSSR count). The number of aromatic carboxylic acids is 1. The van der Waals surface area contributed by atoms with Crippen LogP contribution in [0.5, 0.6) is 0 Å². The van der Waals surface area contributed by atoms with E-state index in [-0.39, 0.29) is 5.69 Å². The molecule has 0 unspecified atom stereocenters. The van der Waals surface area contributed by atoms with E-state index in [4.69, 9.17) is 16.7 Å². The van der Waals surface area contributed by atoms with Gasteiger partial charge in [-0.1, -0.05) is 11.6 Å². The summed E-state index contributed by atoms with van der Waals surface area (Å²) in [5.41, 5.74) is 1.00. The second-order valence-corrected chi connectivity index (χ2v) is 3.22. The van der Waals surface area contributed by atoms with E-state index in [2.05, 4.69) is 10.1 Å². The van der Waals surface area contributed by atoms with E-state index >= 15 is 0 Å². The van der Waals surface area contributed by atoms with Gasteiger partial charge in [0.05, 0.1) is 16.9 Å². The molecule has 2 aromatic heterocycles. The van der Waals surface area contributed by atoms with Crippen molar-refractivity contribution in [3.05, 3.63) is 28.7 Å². The van der Waals surface area contributed by atoms with Crippen LogP contribution in [0.3, 0.4) is 0 Å². The van der Waals surface area contributed by atoms with Crippen LogP contribution in [-0.2, 0) is 0 Å². The summed E-state index contributed by atoms with van der Waals surface area (Å²) >= 11 is 5.86. The van der Waals surface area contributed by atoms with E-state index in [1.165, 1.54) is 10.7 Å².